The molecule has 4 heteroatoms. The van der Waals surface area contributed by atoms with E-state index in [0.29, 0.717) is 0 Å². The van der Waals surface area contributed by atoms with Gasteiger partial charge in [-0.1, -0.05) is 25.0 Å². The van der Waals surface area contributed by atoms with E-state index in [1.54, 1.807) is 7.11 Å². The Labute approximate surface area is 128 Å². The molecular weight excluding hydrogens is 262 g/mol. The summed E-state index contributed by atoms with van der Waals surface area (Å²) in [5, 5.41) is 0. The number of nitrogens with zero attached hydrogens (tertiary/aromatic N) is 2. The molecule has 1 fully saturated rings. The van der Waals surface area contributed by atoms with Crippen LogP contribution in [0.15, 0.2) is 29.3 Å². The van der Waals surface area contributed by atoms with E-state index in [1.165, 1.54) is 31.2 Å². The third kappa shape index (κ3) is 5.29. The van der Waals surface area contributed by atoms with Crippen LogP contribution < -0.4 is 10.5 Å². The maximum absolute atomic E-state index is 6.10. The van der Waals surface area contributed by atoms with Gasteiger partial charge >= 0.3 is 0 Å². The molecule has 4 nitrogen and oxygen atoms in total. The van der Waals surface area contributed by atoms with Crippen molar-refractivity contribution in [3.05, 3.63) is 29.8 Å². The molecule has 0 spiro atoms. The van der Waals surface area contributed by atoms with Gasteiger partial charge in [-0.15, -0.1) is 0 Å². The van der Waals surface area contributed by atoms with Gasteiger partial charge in [0.15, 0.2) is 5.96 Å². The molecule has 116 valence electrons. The molecule has 0 bridgehead atoms. The van der Waals surface area contributed by atoms with Crippen molar-refractivity contribution in [2.75, 3.05) is 26.7 Å². The van der Waals surface area contributed by atoms with E-state index in [0.717, 1.165) is 44.2 Å². The second kappa shape index (κ2) is 8.55. The van der Waals surface area contributed by atoms with Crippen LogP contribution in [0.5, 0.6) is 5.75 Å². The minimum absolute atomic E-state index is 0.725. The number of hydrogen-bond acceptors (Lipinski definition) is 2. The summed E-state index contributed by atoms with van der Waals surface area (Å²) in [6, 6.07) is 8.22. The molecule has 0 saturated carbocycles. The van der Waals surface area contributed by atoms with Crippen molar-refractivity contribution in [3.63, 3.8) is 0 Å². The van der Waals surface area contributed by atoms with Gasteiger partial charge in [-0.25, -0.2) is 0 Å². The predicted octanol–water partition coefficient (Wildman–Crippen LogP) is 2.82. The quantitative estimate of drug-likeness (QED) is 0.515. The number of benzene rings is 1. The van der Waals surface area contributed by atoms with Crippen LogP contribution >= 0.6 is 0 Å². The molecule has 1 aromatic rings. The van der Waals surface area contributed by atoms with Crippen molar-refractivity contribution < 1.29 is 4.74 Å². The highest BCUT2D eigenvalue weighted by atomic mass is 16.5. The molecule has 1 aliphatic heterocycles. The van der Waals surface area contributed by atoms with Gasteiger partial charge in [-0.3, -0.25) is 4.99 Å². The lowest BCUT2D eigenvalue weighted by Crippen LogP contribution is -2.38. The summed E-state index contributed by atoms with van der Waals surface area (Å²) in [6.45, 7) is 2.91. The van der Waals surface area contributed by atoms with E-state index in [-0.39, 0.29) is 0 Å². The maximum atomic E-state index is 6.10. The number of aryl methyl sites for hydroxylation is 1. The summed E-state index contributed by atoms with van der Waals surface area (Å²) in [5.41, 5.74) is 7.39. The smallest absolute Gasteiger partial charge is 0.191 e. The number of aliphatic imine (C=N–C) groups is 1. The molecule has 0 atom stereocenters. The summed E-state index contributed by atoms with van der Waals surface area (Å²) in [4.78, 5) is 6.77. The third-order valence-electron chi connectivity index (χ3n) is 3.96. The number of guanidine groups is 1. The fourth-order valence-corrected chi connectivity index (χ4v) is 2.70. The first kappa shape index (κ1) is 15.7. The van der Waals surface area contributed by atoms with Gasteiger partial charge in [0.25, 0.3) is 0 Å². The zero-order chi connectivity index (χ0) is 14.9. The lowest BCUT2D eigenvalue weighted by molar-refractivity contribution is 0.414. The average Bonchev–Trinajstić information content (AvgIpc) is 2.81. The first-order chi connectivity index (χ1) is 10.3. The summed E-state index contributed by atoms with van der Waals surface area (Å²) >= 11 is 0. The Morgan fingerprint density at radius 1 is 1.24 bits per heavy atom. The number of hydrogen-bond donors (Lipinski definition) is 1. The Morgan fingerprint density at radius 2 is 2.00 bits per heavy atom. The zero-order valence-corrected chi connectivity index (χ0v) is 13.1. The van der Waals surface area contributed by atoms with Gasteiger partial charge in [0.1, 0.15) is 5.75 Å². The summed E-state index contributed by atoms with van der Waals surface area (Å²) in [6.07, 6.45) is 7.13. The molecule has 2 N–H and O–H groups in total. The van der Waals surface area contributed by atoms with Crippen LogP contribution in [0.3, 0.4) is 0 Å². The molecule has 1 aliphatic rings. The highest BCUT2D eigenvalue weighted by Gasteiger charge is 2.10. The lowest BCUT2D eigenvalue weighted by Gasteiger charge is -2.21. The van der Waals surface area contributed by atoms with Crippen LogP contribution in [0.2, 0.25) is 0 Å². The maximum Gasteiger partial charge on any atom is 0.191 e. The van der Waals surface area contributed by atoms with Crippen LogP contribution in [0, 0.1) is 0 Å². The minimum atomic E-state index is 0.725. The molecule has 1 saturated heterocycles. The van der Waals surface area contributed by atoms with Crippen molar-refractivity contribution in [2.45, 2.75) is 38.5 Å². The summed E-state index contributed by atoms with van der Waals surface area (Å²) < 4.78 is 5.24. The van der Waals surface area contributed by atoms with Crippen LogP contribution in [-0.4, -0.2) is 37.6 Å². The van der Waals surface area contributed by atoms with E-state index in [1.807, 2.05) is 12.1 Å². The van der Waals surface area contributed by atoms with Gasteiger partial charge < -0.3 is 15.4 Å². The van der Waals surface area contributed by atoms with Gasteiger partial charge in [0.05, 0.1) is 7.11 Å². The summed E-state index contributed by atoms with van der Waals surface area (Å²) in [7, 11) is 1.70. The first-order valence-electron chi connectivity index (χ1n) is 7.97. The Bertz CT molecular complexity index is 451. The molecule has 0 aromatic heterocycles. The largest absolute Gasteiger partial charge is 0.497 e. The second-order valence-corrected chi connectivity index (χ2v) is 5.60. The molecule has 0 unspecified atom stereocenters. The molecule has 2 rings (SSSR count). The van der Waals surface area contributed by atoms with Gasteiger partial charge in [-0.2, -0.15) is 0 Å². The summed E-state index contributed by atoms with van der Waals surface area (Å²) in [5.74, 6) is 1.64. The predicted molar refractivity (Wildman–Crippen MR) is 87.8 cm³/mol. The minimum Gasteiger partial charge on any atom is -0.497 e. The highest BCUT2D eigenvalue weighted by molar-refractivity contribution is 5.78. The molecule has 21 heavy (non-hydrogen) atoms. The molecule has 0 aliphatic carbocycles. The topological polar surface area (TPSA) is 50.9 Å². The SMILES string of the molecule is COc1cccc(CCCN=C(N)N2CCCCCC2)c1. The normalized spacial score (nSPS) is 16.6. The highest BCUT2D eigenvalue weighted by Crippen LogP contribution is 2.14. The van der Waals surface area contributed by atoms with Crippen molar-refractivity contribution >= 4 is 5.96 Å². The van der Waals surface area contributed by atoms with Gasteiger partial charge in [-0.05, 0) is 43.4 Å². The third-order valence-corrected chi connectivity index (χ3v) is 3.96. The Morgan fingerprint density at radius 3 is 2.71 bits per heavy atom. The number of rotatable bonds is 5. The van der Waals surface area contributed by atoms with E-state index in [2.05, 4.69) is 22.0 Å². The van der Waals surface area contributed by atoms with Crippen molar-refractivity contribution in [3.8, 4) is 5.75 Å². The van der Waals surface area contributed by atoms with Gasteiger partial charge in [0.2, 0.25) is 0 Å². The number of nitrogens with two attached hydrogens (primary N) is 1. The fraction of sp³-hybridized carbons (Fsp3) is 0.588. The Hall–Kier alpha value is -1.71. The lowest BCUT2D eigenvalue weighted by atomic mass is 10.1. The van der Waals surface area contributed by atoms with Crippen LogP contribution in [0.1, 0.15) is 37.7 Å². The Kier molecular flexibility index (Phi) is 6.38. The van der Waals surface area contributed by atoms with Crippen LogP contribution in [0.4, 0.5) is 0 Å². The second-order valence-electron chi connectivity index (χ2n) is 5.60. The monoisotopic (exact) mass is 289 g/mol. The van der Waals surface area contributed by atoms with Crippen LogP contribution in [-0.2, 0) is 6.42 Å². The molecule has 1 aromatic carbocycles. The first-order valence-corrected chi connectivity index (χ1v) is 7.97. The van der Waals surface area contributed by atoms with Gasteiger partial charge in [0, 0.05) is 19.6 Å². The molecular formula is C17H27N3O. The molecule has 0 amide bonds. The number of likely N-dealkylation sites (tertiary alicyclic amines) is 1. The van der Waals surface area contributed by atoms with Crippen molar-refractivity contribution in [1.29, 1.82) is 0 Å². The van der Waals surface area contributed by atoms with E-state index < -0.39 is 0 Å². The van der Waals surface area contributed by atoms with E-state index in [4.69, 9.17) is 10.5 Å². The van der Waals surface area contributed by atoms with E-state index >= 15 is 0 Å². The van der Waals surface area contributed by atoms with E-state index in [9.17, 15) is 0 Å². The average molecular weight is 289 g/mol. The fourth-order valence-electron chi connectivity index (χ4n) is 2.70. The van der Waals surface area contributed by atoms with Crippen molar-refractivity contribution in [2.24, 2.45) is 10.7 Å². The standard InChI is InChI=1S/C17H27N3O/c1-21-16-10-6-8-15(14-16)9-7-11-19-17(18)20-12-4-2-3-5-13-20/h6,8,10,14H,2-5,7,9,11-13H2,1H3,(H2,18,19). The molecule has 1 heterocycles. The molecule has 0 radical (unpaired) electrons. The zero-order valence-electron chi connectivity index (χ0n) is 13.1. The number of methoxy groups -OCH3 is 1. The Balaban J connectivity index is 1.75. The number of ether oxygens (including phenoxy) is 1. The van der Waals surface area contributed by atoms with Crippen molar-refractivity contribution in [1.82, 2.24) is 4.90 Å². The van der Waals surface area contributed by atoms with Crippen LogP contribution in [0.25, 0.3) is 0 Å².